The number of anilines is 2. The Balaban J connectivity index is 2.53. The van der Waals surface area contributed by atoms with Gasteiger partial charge < -0.3 is 21.1 Å². The number of carbonyl (C=O) groups is 1. The maximum atomic E-state index is 11.3. The number of ether oxygens (including phenoxy) is 1. The molecule has 0 aromatic heterocycles. The smallest absolute Gasteiger partial charge is 0.221 e. The molecule has 4 N–H and O–H groups in total. The van der Waals surface area contributed by atoms with E-state index < -0.39 is 0 Å². The van der Waals surface area contributed by atoms with Crippen LogP contribution < -0.4 is 21.1 Å². The Kier molecular flexibility index (Phi) is 5.99. The number of nitrogen functional groups attached to an aromatic ring is 1. The van der Waals surface area contributed by atoms with E-state index in [1.807, 2.05) is 32.9 Å². The van der Waals surface area contributed by atoms with Gasteiger partial charge in [-0.25, -0.2) is 0 Å². The van der Waals surface area contributed by atoms with Gasteiger partial charge in [-0.05, 0) is 26.8 Å². The molecule has 0 radical (unpaired) electrons. The van der Waals surface area contributed by atoms with E-state index in [4.69, 9.17) is 10.5 Å². The first-order valence-corrected chi connectivity index (χ1v) is 6.59. The highest BCUT2D eigenvalue weighted by Crippen LogP contribution is 2.23. The van der Waals surface area contributed by atoms with Crippen molar-refractivity contribution in [3.05, 3.63) is 18.2 Å². The fourth-order valence-corrected chi connectivity index (χ4v) is 1.67. The predicted octanol–water partition coefficient (Wildman–Crippen LogP) is 1.99. The van der Waals surface area contributed by atoms with E-state index in [0.717, 1.165) is 11.4 Å². The second-order valence-corrected chi connectivity index (χ2v) is 4.59. The zero-order chi connectivity index (χ0) is 14.3. The summed E-state index contributed by atoms with van der Waals surface area (Å²) in [5.74, 6) is 0.771. The molecule has 0 saturated heterocycles. The summed E-state index contributed by atoms with van der Waals surface area (Å²) in [5.41, 5.74) is 7.31. The summed E-state index contributed by atoms with van der Waals surface area (Å²) in [4.78, 5) is 11.3. The quantitative estimate of drug-likeness (QED) is 0.659. The van der Waals surface area contributed by atoms with Crippen LogP contribution in [0.3, 0.4) is 0 Å². The molecule has 0 spiro atoms. The average Bonchev–Trinajstić information content (AvgIpc) is 2.27. The van der Waals surface area contributed by atoms with Gasteiger partial charge in [-0.1, -0.05) is 0 Å². The summed E-state index contributed by atoms with van der Waals surface area (Å²) >= 11 is 0. The van der Waals surface area contributed by atoms with Crippen LogP contribution in [0.2, 0.25) is 0 Å². The molecule has 1 aromatic rings. The zero-order valence-corrected chi connectivity index (χ0v) is 11.8. The molecule has 0 aliphatic carbocycles. The molecule has 1 aromatic carbocycles. The van der Waals surface area contributed by atoms with Crippen LogP contribution in [0.4, 0.5) is 11.4 Å². The molecule has 0 bridgehead atoms. The molecule has 5 heteroatoms. The molecule has 0 aliphatic rings. The van der Waals surface area contributed by atoms with Crippen molar-refractivity contribution in [1.29, 1.82) is 0 Å². The minimum Gasteiger partial charge on any atom is -0.491 e. The highest BCUT2D eigenvalue weighted by molar-refractivity contribution is 5.76. The van der Waals surface area contributed by atoms with Crippen molar-refractivity contribution in [2.45, 2.75) is 33.3 Å². The lowest BCUT2D eigenvalue weighted by Gasteiger charge is -2.13. The molecule has 0 atom stereocenters. The Labute approximate surface area is 114 Å². The van der Waals surface area contributed by atoms with Gasteiger partial charge in [0.2, 0.25) is 5.91 Å². The Morgan fingerprint density at radius 2 is 2.11 bits per heavy atom. The van der Waals surface area contributed by atoms with Crippen molar-refractivity contribution in [3.63, 3.8) is 0 Å². The van der Waals surface area contributed by atoms with Gasteiger partial charge >= 0.3 is 0 Å². The van der Waals surface area contributed by atoms with E-state index in [2.05, 4.69) is 10.6 Å². The maximum absolute atomic E-state index is 11.3. The number of hydrogen-bond acceptors (Lipinski definition) is 4. The van der Waals surface area contributed by atoms with Crippen LogP contribution >= 0.6 is 0 Å². The lowest BCUT2D eigenvalue weighted by Crippen LogP contribution is -2.24. The third-order valence-corrected chi connectivity index (χ3v) is 2.36. The molecule has 5 nitrogen and oxygen atoms in total. The van der Waals surface area contributed by atoms with E-state index in [0.29, 0.717) is 25.2 Å². The number of hydrogen-bond donors (Lipinski definition) is 3. The second-order valence-electron chi connectivity index (χ2n) is 4.59. The summed E-state index contributed by atoms with van der Waals surface area (Å²) in [6, 6.07) is 5.49. The van der Waals surface area contributed by atoms with Gasteiger partial charge in [-0.15, -0.1) is 0 Å². The Morgan fingerprint density at radius 1 is 1.37 bits per heavy atom. The molecular weight excluding hydrogens is 242 g/mol. The Hall–Kier alpha value is -1.91. The molecule has 0 aliphatic heterocycles. The monoisotopic (exact) mass is 265 g/mol. The second kappa shape index (κ2) is 7.51. The van der Waals surface area contributed by atoms with Crippen molar-refractivity contribution in [1.82, 2.24) is 5.32 Å². The lowest BCUT2D eigenvalue weighted by molar-refractivity contribution is -0.120. The van der Waals surface area contributed by atoms with E-state index in [-0.39, 0.29) is 12.0 Å². The van der Waals surface area contributed by atoms with E-state index >= 15 is 0 Å². The van der Waals surface area contributed by atoms with Gasteiger partial charge in [0, 0.05) is 43.0 Å². The highest BCUT2D eigenvalue weighted by atomic mass is 16.5. The first kappa shape index (κ1) is 15.1. The molecule has 1 amide bonds. The number of amides is 1. The fourth-order valence-electron chi connectivity index (χ4n) is 1.67. The molecule has 0 fully saturated rings. The standard InChI is InChI=1S/C14H23N3O2/c1-4-16-14(18)5-6-17-12-7-11(15)8-13(9-12)19-10(2)3/h7-10,17H,4-6,15H2,1-3H3,(H,16,18). The normalized spacial score (nSPS) is 10.3. The third-order valence-electron chi connectivity index (χ3n) is 2.36. The first-order valence-electron chi connectivity index (χ1n) is 6.59. The fraction of sp³-hybridized carbons (Fsp3) is 0.500. The van der Waals surface area contributed by atoms with Crippen molar-refractivity contribution in [2.75, 3.05) is 24.1 Å². The molecule has 1 rings (SSSR count). The van der Waals surface area contributed by atoms with Crippen LogP contribution in [0.5, 0.6) is 5.75 Å². The van der Waals surface area contributed by atoms with Gasteiger partial charge in [-0.2, -0.15) is 0 Å². The van der Waals surface area contributed by atoms with Gasteiger partial charge in [0.25, 0.3) is 0 Å². The van der Waals surface area contributed by atoms with Crippen LogP contribution in [0.25, 0.3) is 0 Å². The number of rotatable bonds is 7. The predicted molar refractivity (Wildman–Crippen MR) is 78.4 cm³/mol. The summed E-state index contributed by atoms with van der Waals surface area (Å²) in [6.07, 6.45) is 0.535. The van der Waals surface area contributed by atoms with Crippen LogP contribution in [-0.4, -0.2) is 25.1 Å². The van der Waals surface area contributed by atoms with E-state index in [9.17, 15) is 4.79 Å². The minimum atomic E-state index is 0.0394. The number of nitrogens with two attached hydrogens (primary N) is 1. The van der Waals surface area contributed by atoms with Gasteiger partial charge in [0.1, 0.15) is 5.75 Å². The summed E-state index contributed by atoms with van der Waals surface area (Å²) in [5, 5.41) is 5.92. The summed E-state index contributed by atoms with van der Waals surface area (Å²) in [7, 11) is 0. The zero-order valence-electron chi connectivity index (χ0n) is 11.8. The molecule has 0 heterocycles. The Bertz CT molecular complexity index is 419. The summed E-state index contributed by atoms with van der Waals surface area (Å²) in [6.45, 7) is 7.05. The van der Waals surface area contributed by atoms with Gasteiger partial charge in [0.05, 0.1) is 6.10 Å². The Morgan fingerprint density at radius 3 is 2.74 bits per heavy atom. The van der Waals surface area contributed by atoms with Crippen LogP contribution in [-0.2, 0) is 4.79 Å². The van der Waals surface area contributed by atoms with Crippen LogP contribution in [0, 0.1) is 0 Å². The minimum absolute atomic E-state index is 0.0394. The first-order chi connectivity index (χ1) is 9.01. The van der Waals surface area contributed by atoms with Crippen molar-refractivity contribution >= 4 is 17.3 Å². The van der Waals surface area contributed by atoms with Crippen LogP contribution in [0.1, 0.15) is 27.2 Å². The average molecular weight is 265 g/mol. The maximum Gasteiger partial charge on any atom is 0.221 e. The van der Waals surface area contributed by atoms with Crippen LogP contribution in [0.15, 0.2) is 18.2 Å². The van der Waals surface area contributed by atoms with Crippen molar-refractivity contribution < 1.29 is 9.53 Å². The highest BCUT2D eigenvalue weighted by Gasteiger charge is 2.03. The lowest BCUT2D eigenvalue weighted by atomic mass is 10.2. The van der Waals surface area contributed by atoms with Crippen molar-refractivity contribution in [3.8, 4) is 5.75 Å². The topological polar surface area (TPSA) is 76.4 Å². The van der Waals surface area contributed by atoms with E-state index in [1.54, 1.807) is 6.07 Å². The SMILES string of the molecule is CCNC(=O)CCNc1cc(N)cc(OC(C)C)c1. The number of carbonyl (C=O) groups excluding carboxylic acids is 1. The molecule has 19 heavy (non-hydrogen) atoms. The van der Waals surface area contributed by atoms with Gasteiger partial charge in [0.15, 0.2) is 0 Å². The van der Waals surface area contributed by atoms with Crippen molar-refractivity contribution in [2.24, 2.45) is 0 Å². The number of benzene rings is 1. The third kappa shape index (κ3) is 5.99. The van der Waals surface area contributed by atoms with E-state index in [1.165, 1.54) is 0 Å². The largest absolute Gasteiger partial charge is 0.491 e. The number of nitrogens with one attached hydrogen (secondary N) is 2. The molecule has 0 saturated carbocycles. The van der Waals surface area contributed by atoms with Gasteiger partial charge in [-0.3, -0.25) is 4.79 Å². The molecule has 106 valence electrons. The summed E-state index contributed by atoms with van der Waals surface area (Å²) < 4.78 is 5.60. The molecule has 0 unspecified atom stereocenters. The molecular formula is C14H23N3O2.